The highest BCUT2D eigenvalue weighted by Crippen LogP contribution is 2.25. The lowest BCUT2D eigenvalue weighted by Crippen LogP contribution is -2.26. The summed E-state index contributed by atoms with van der Waals surface area (Å²) in [6.45, 7) is 0.363. The molecule has 0 radical (unpaired) electrons. The molecule has 1 aliphatic rings. The Kier molecular flexibility index (Phi) is 5.45. The summed E-state index contributed by atoms with van der Waals surface area (Å²) in [4.78, 5) is 14.0. The van der Waals surface area contributed by atoms with Crippen molar-refractivity contribution in [3.05, 3.63) is 29.8 Å². The van der Waals surface area contributed by atoms with E-state index in [-0.39, 0.29) is 11.2 Å². The van der Waals surface area contributed by atoms with Crippen LogP contribution in [-0.2, 0) is 16.1 Å². The highest BCUT2D eigenvalue weighted by atomic mass is 32.2. The van der Waals surface area contributed by atoms with Crippen molar-refractivity contribution in [2.75, 3.05) is 36.3 Å². The van der Waals surface area contributed by atoms with Gasteiger partial charge in [-0.05, 0) is 17.7 Å². The fourth-order valence-corrected chi connectivity index (χ4v) is 4.33. The number of benzene rings is 1. The molecule has 1 fully saturated rings. The van der Waals surface area contributed by atoms with Crippen molar-refractivity contribution in [1.29, 1.82) is 0 Å². The standard InChI is InChI=1S/C14H19NO2S2/c1-15(2)12-5-3-4-11(8-12)9-17-14(16)13-10-18-6-7-19-13/h3-5,8,13H,6-7,9-10H2,1-2H3/t13-/m0/s1. The Morgan fingerprint density at radius 3 is 2.95 bits per heavy atom. The first-order valence-corrected chi connectivity index (χ1v) is 8.49. The third kappa shape index (κ3) is 4.35. The van der Waals surface area contributed by atoms with E-state index in [2.05, 4.69) is 6.07 Å². The van der Waals surface area contributed by atoms with Crippen LogP contribution in [0.15, 0.2) is 24.3 Å². The van der Waals surface area contributed by atoms with Crippen LogP contribution in [0.25, 0.3) is 0 Å². The normalized spacial score (nSPS) is 18.9. The number of ether oxygens (including phenoxy) is 1. The van der Waals surface area contributed by atoms with E-state index in [1.54, 1.807) is 11.8 Å². The minimum Gasteiger partial charge on any atom is -0.460 e. The number of rotatable bonds is 4. The van der Waals surface area contributed by atoms with Crippen LogP contribution in [0.3, 0.4) is 0 Å². The number of nitrogens with zero attached hydrogens (tertiary/aromatic N) is 1. The summed E-state index contributed by atoms with van der Waals surface area (Å²) in [6.07, 6.45) is 0. The predicted octanol–water partition coefficient (Wildman–Crippen LogP) is 2.64. The van der Waals surface area contributed by atoms with E-state index in [4.69, 9.17) is 4.74 Å². The lowest BCUT2D eigenvalue weighted by atomic mass is 10.2. The Morgan fingerprint density at radius 1 is 1.42 bits per heavy atom. The van der Waals surface area contributed by atoms with Crippen molar-refractivity contribution in [3.63, 3.8) is 0 Å². The summed E-state index contributed by atoms with van der Waals surface area (Å²) in [5, 5.41) is 0.00998. The molecular formula is C14H19NO2S2. The van der Waals surface area contributed by atoms with Gasteiger partial charge in [-0.1, -0.05) is 12.1 Å². The van der Waals surface area contributed by atoms with Gasteiger partial charge in [0.1, 0.15) is 11.9 Å². The molecule has 1 aromatic carbocycles. The van der Waals surface area contributed by atoms with Crippen LogP contribution < -0.4 is 4.90 Å². The molecule has 0 aliphatic carbocycles. The topological polar surface area (TPSA) is 29.5 Å². The second-order valence-corrected chi connectivity index (χ2v) is 7.07. The Labute approximate surface area is 123 Å². The fourth-order valence-electron chi connectivity index (χ4n) is 1.80. The van der Waals surface area contributed by atoms with Crippen molar-refractivity contribution < 1.29 is 9.53 Å². The molecule has 104 valence electrons. The largest absolute Gasteiger partial charge is 0.460 e. The maximum Gasteiger partial charge on any atom is 0.320 e. The number of hydrogen-bond acceptors (Lipinski definition) is 5. The number of carbonyl (C=O) groups is 1. The molecular weight excluding hydrogens is 278 g/mol. The van der Waals surface area contributed by atoms with Gasteiger partial charge in [-0.2, -0.15) is 11.8 Å². The molecule has 3 nitrogen and oxygen atoms in total. The summed E-state index contributed by atoms with van der Waals surface area (Å²) in [7, 11) is 4.00. The van der Waals surface area contributed by atoms with Gasteiger partial charge in [0.15, 0.2) is 0 Å². The van der Waals surface area contributed by atoms with Crippen molar-refractivity contribution in [3.8, 4) is 0 Å². The third-order valence-electron chi connectivity index (χ3n) is 2.89. The van der Waals surface area contributed by atoms with Crippen LogP contribution in [0.1, 0.15) is 5.56 Å². The van der Waals surface area contributed by atoms with Gasteiger partial charge >= 0.3 is 5.97 Å². The van der Waals surface area contributed by atoms with Crippen LogP contribution in [0, 0.1) is 0 Å². The number of anilines is 1. The predicted molar refractivity (Wildman–Crippen MR) is 84.1 cm³/mol. The first-order valence-electron chi connectivity index (χ1n) is 6.29. The molecule has 0 spiro atoms. The van der Waals surface area contributed by atoms with Gasteiger partial charge in [-0.3, -0.25) is 4.79 Å². The van der Waals surface area contributed by atoms with Gasteiger partial charge in [0.25, 0.3) is 0 Å². The average molecular weight is 297 g/mol. The Morgan fingerprint density at radius 2 is 2.26 bits per heavy atom. The maximum absolute atomic E-state index is 11.9. The summed E-state index contributed by atoms with van der Waals surface area (Å²) in [5.41, 5.74) is 2.16. The highest BCUT2D eigenvalue weighted by molar-refractivity contribution is 8.07. The number of thioether (sulfide) groups is 2. The first kappa shape index (κ1) is 14.6. The van der Waals surface area contributed by atoms with Crippen LogP contribution in [0.5, 0.6) is 0 Å². The molecule has 0 aromatic heterocycles. The van der Waals surface area contributed by atoms with Gasteiger partial charge in [0.2, 0.25) is 0 Å². The molecule has 0 N–H and O–H groups in total. The van der Waals surface area contributed by atoms with Crippen LogP contribution in [0.4, 0.5) is 5.69 Å². The summed E-state index contributed by atoms with van der Waals surface area (Å²) in [5.74, 6) is 2.98. The van der Waals surface area contributed by atoms with Crippen molar-refractivity contribution in [1.82, 2.24) is 0 Å². The van der Waals surface area contributed by atoms with Crippen molar-refractivity contribution in [2.45, 2.75) is 11.9 Å². The maximum atomic E-state index is 11.9. The number of carbonyl (C=O) groups excluding carboxylic acids is 1. The first-order chi connectivity index (χ1) is 9.16. The van der Waals surface area contributed by atoms with E-state index in [1.807, 2.05) is 49.0 Å². The molecule has 5 heteroatoms. The van der Waals surface area contributed by atoms with E-state index in [0.717, 1.165) is 28.5 Å². The van der Waals surface area contributed by atoms with E-state index >= 15 is 0 Å². The van der Waals surface area contributed by atoms with Gasteiger partial charge in [0, 0.05) is 37.0 Å². The molecule has 1 aromatic rings. The van der Waals surface area contributed by atoms with Gasteiger partial charge in [-0.25, -0.2) is 0 Å². The fraction of sp³-hybridized carbons (Fsp3) is 0.500. The van der Waals surface area contributed by atoms with Crippen LogP contribution in [0.2, 0.25) is 0 Å². The molecule has 1 saturated heterocycles. The summed E-state index contributed by atoms with van der Waals surface area (Å²) >= 11 is 3.54. The van der Waals surface area contributed by atoms with E-state index in [1.165, 1.54) is 0 Å². The van der Waals surface area contributed by atoms with Crippen molar-refractivity contribution in [2.24, 2.45) is 0 Å². The minimum atomic E-state index is -0.0764. The lowest BCUT2D eigenvalue weighted by molar-refractivity contribution is -0.143. The molecule has 1 aliphatic heterocycles. The number of esters is 1. The monoisotopic (exact) mass is 297 g/mol. The smallest absolute Gasteiger partial charge is 0.320 e. The van der Waals surface area contributed by atoms with E-state index in [9.17, 15) is 4.79 Å². The van der Waals surface area contributed by atoms with E-state index < -0.39 is 0 Å². The Balaban J connectivity index is 1.87. The zero-order valence-corrected chi connectivity index (χ0v) is 12.9. The SMILES string of the molecule is CN(C)c1cccc(COC(=O)[C@@H]2CSCCS2)c1. The average Bonchev–Trinajstić information content (AvgIpc) is 2.46. The molecule has 2 rings (SSSR count). The number of hydrogen-bond donors (Lipinski definition) is 0. The second kappa shape index (κ2) is 7.10. The zero-order valence-electron chi connectivity index (χ0n) is 11.3. The minimum absolute atomic E-state index is 0.00998. The molecule has 0 unspecified atom stereocenters. The van der Waals surface area contributed by atoms with E-state index in [0.29, 0.717) is 6.61 Å². The van der Waals surface area contributed by atoms with Crippen LogP contribution in [-0.4, -0.2) is 42.6 Å². The molecule has 19 heavy (non-hydrogen) atoms. The van der Waals surface area contributed by atoms with Crippen molar-refractivity contribution >= 4 is 35.2 Å². The second-order valence-electron chi connectivity index (χ2n) is 4.61. The highest BCUT2D eigenvalue weighted by Gasteiger charge is 2.23. The molecule has 0 amide bonds. The Bertz CT molecular complexity index is 431. The molecule has 0 saturated carbocycles. The quantitative estimate of drug-likeness (QED) is 0.797. The molecule has 0 bridgehead atoms. The van der Waals surface area contributed by atoms with Gasteiger partial charge in [-0.15, -0.1) is 11.8 Å². The molecule has 1 heterocycles. The van der Waals surface area contributed by atoms with Gasteiger partial charge in [0.05, 0.1) is 0 Å². The van der Waals surface area contributed by atoms with Gasteiger partial charge < -0.3 is 9.64 Å². The third-order valence-corrected chi connectivity index (χ3v) is 5.62. The van der Waals surface area contributed by atoms with Crippen LogP contribution >= 0.6 is 23.5 Å². The Hall–Kier alpha value is -0.810. The summed E-state index contributed by atoms with van der Waals surface area (Å²) in [6, 6.07) is 8.07. The lowest BCUT2D eigenvalue weighted by Gasteiger charge is -2.19. The summed E-state index contributed by atoms with van der Waals surface area (Å²) < 4.78 is 5.41. The zero-order chi connectivity index (χ0) is 13.7. The molecule has 1 atom stereocenters.